The first-order valence-electron chi connectivity index (χ1n) is 12.4. The van der Waals surface area contributed by atoms with Gasteiger partial charge in [-0.3, -0.25) is 14.5 Å². The zero-order valence-electron chi connectivity index (χ0n) is 21.8. The summed E-state index contributed by atoms with van der Waals surface area (Å²) in [6.07, 6.45) is -12.2. The number of fused-ring (bicyclic) bond motifs is 1. The molecule has 8 nitrogen and oxygen atoms in total. The zero-order valence-corrected chi connectivity index (χ0v) is 22.5. The number of carbonyl (C=O) groups excluding carboxylic acids is 3. The van der Waals surface area contributed by atoms with Crippen LogP contribution in [0.2, 0.25) is 5.02 Å². The second-order valence-corrected chi connectivity index (χ2v) is 9.66. The van der Waals surface area contributed by atoms with Crippen molar-refractivity contribution in [2.75, 3.05) is 26.2 Å². The number of benzene rings is 2. The summed E-state index contributed by atoms with van der Waals surface area (Å²) in [7, 11) is 0. The van der Waals surface area contributed by atoms with E-state index >= 15 is 0 Å². The summed E-state index contributed by atoms with van der Waals surface area (Å²) in [6, 6.07) is 7.68. The van der Waals surface area contributed by atoms with Crippen LogP contribution in [0.5, 0.6) is 0 Å². The van der Waals surface area contributed by atoms with Crippen molar-refractivity contribution < 1.29 is 45.5 Å². The zero-order chi connectivity index (χ0) is 30.5. The van der Waals surface area contributed by atoms with Crippen LogP contribution in [-0.4, -0.2) is 65.0 Å². The molecule has 2 aromatic rings. The maximum absolute atomic E-state index is 13.1. The minimum atomic E-state index is -5.05. The first-order chi connectivity index (χ1) is 19.1. The lowest BCUT2D eigenvalue weighted by Crippen LogP contribution is -2.67. The Kier molecular flexibility index (Phi) is 10.1. The maximum atomic E-state index is 13.1. The number of hydrogen-bond acceptors (Lipinski definition) is 5. The molecule has 224 valence electrons. The molecule has 0 radical (unpaired) electrons. The molecule has 41 heavy (non-hydrogen) atoms. The van der Waals surface area contributed by atoms with Gasteiger partial charge in [-0.1, -0.05) is 30.7 Å². The van der Waals surface area contributed by atoms with Gasteiger partial charge in [-0.2, -0.15) is 26.3 Å². The lowest BCUT2D eigenvalue weighted by Gasteiger charge is -2.48. The largest absolute Gasteiger partial charge is 0.444 e. The van der Waals surface area contributed by atoms with Crippen LogP contribution in [0.1, 0.15) is 35.6 Å². The number of rotatable bonds is 4. The standard InChI is InChI=1S/C24H20ClF6N3O4.C2H7N/c25-18-3-1-2-14(8-18)10-32-11-19-33(5-4-20(35)34(19)12-21(32)36)22(37)38-13-15-6-16(23(26,27)28)9-17(7-15)24(29,30)31;1-2-3/h1-3,6-9,19H,4-5,10-13H2;2-3H2,1H3. The van der Waals surface area contributed by atoms with Crippen molar-refractivity contribution in [3.05, 3.63) is 69.7 Å². The Morgan fingerprint density at radius 3 is 2.17 bits per heavy atom. The van der Waals surface area contributed by atoms with Crippen LogP contribution >= 0.6 is 11.6 Å². The van der Waals surface area contributed by atoms with E-state index in [-0.39, 0.29) is 50.5 Å². The van der Waals surface area contributed by atoms with Crippen LogP contribution in [0.3, 0.4) is 0 Å². The summed E-state index contributed by atoms with van der Waals surface area (Å²) in [6.45, 7) is 1.44. The van der Waals surface area contributed by atoms with E-state index < -0.39 is 47.9 Å². The molecule has 4 rings (SSSR count). The van der Waals surface area contributed by atoms with E-state index in [4.69, 9.17) is 22.1 Å². The van der Waals surface area contributed by atoms with Crippen molar-refractivity contribution >= 4 is 29.5 Å². The van der Waals surface area contributed by atoms with Gasteiger partial charge in [0.2, 0.25) is 11.8 Å². The summed E-state index contributed by atoms with van der Waals surface area (Å²) >= 11 is 6.00. The Bertz CT molecular complexity index is 1240. The fourth-order valence-electron chi connectivity index (χ4n) is 4.33. The van der Waals surface area contributed by atoms with Gasteiger partial charge in [0, 0.05) is 24.5 Å². The number of alkyl halides is 6. The Hall–Kier alpha value is -3.52. The average molecular weight is 609 g/mol. The minimum Gasteiger partial charge on any atom is -0.444 e. The van der Waals surface area contributed by atoms with Crippen molar-refractivity contribution in [2.45, 2.75) is 45.0 Å². The molecule has 0 bridgehead atoms. The lowest BCUT2D eigenvalue weighted by molar-refractivity contribution is -0.160. The number of piperazine rings is 1. The van der Waals surface area contributed by atoms with Gasteiger partial charge in [0.15, 0.2) is 0 Å². The minimum absolute atomic E-state index is 0.0208. The molecule has 0 saturated carbocycles. The van der Waals surface area contributed by atoms with E-state index in [0.29, 0.717) is 22.7 Å². The highest BCUT2D eigenvalue weighted by molar-refractivity contribution is 6.30. The molecular weight excluding hydrogens is 582 g/mol. The van der Waals surface area contributed by atoms with Gasteiger partial charge in [0.05, 0.1) is 17.7 Å². The summed E-state index contributed by atoms with van der Waals surface area (Å²) in [5.74, 6) is -0.740. The number of hydrogen-bond donors (Lipinski definition) is 1. The summed E-state index contributed by atoms with van der Waals surface area (Å²) in [5, 5.41) is 0.454. The molecule has 2 N–H and O–H groups in total. The molecule has 2 fully saturated rings. The third-order valence-corrected chi connectivity index (χ3v) is 6.39. The van der Waals surface area contributed by atoms with E-state index in [1.807, 2.05) is 6.92 Å². The normalized spacial score (nSPS) is 17.6. The summed E-state index contributed by atoms with van der Waals surface area (Å²) in [5.41, 5.74) is 1.98. The molecule has 2 aromatic carbocycles. The van der Waals surface area contributed by atoms with Gasteiger partial charge in [-0.05, 0) is 48.0 Å². The SMILES string of the molecule is CCN.O=C1CN2C(=O)CCN(C(=O)OCc3cc(C(F)(F)F)cc(C(F)(F)F)c3)C2CN1Cc1cccc(Cl)c1. The molecule has 1 atom stereocenters. The number of nitrogens with two attached hydrogens (primary N) is 1. The van der Waals surface area contributed by atoms with Crippen LogP contribution in [0, 0.1) is 0 Å². The van der Waals surface area contributed by atoms with E-state index in [0.717, 1.165) is 11.4 Å². The molecule has 1 unspecified atom stereocenters. The number of halogens is 7. The predicted octanol–water partition coefficient (Wildman–Crippen LogP) is 4.88. The highest BCUT2D eigenvalue weighted by Crippen LogP contribution is 2.36. The van der Waals surface area contributed by atoms with Gasteiger partial charge < -0.3 is 20.3 Å². The van der Waals surface area contributed by atoms with Gasteiger partial charge >= 0.3 is 18.4 Å². The van der Waals surface area contributed by atoms with Crippen molar-refractivity contribution in [2.24, 2.45) is 5.73 Å². The van der Waals surface area contributed by atoms with E-state index in [1.165, 1.54) is 9.80 Å². The molecule has 15 heteroatoms. The Labute approximate surface area is 236 Å². The van der Waals surface area contributed by atoms with Crippen LogP contribution in [0.4, 0.5) is 31.1 Å². The van der Waals surface area contributed by atoms with Crippen LogP contribution in [-0.2, 0) is 39.8 Å². The van der Waals surface area contributed by atoms with Gasteiger partial charge in [-0.25, -0.2) is 4.79 Å². The predicted molar refractivity (Wildman–Crippen MR) is 135 cm³/mol. The van der Waals surface area contributed by atoms with Gasteiger partial charge in [0.25, 0.3) is 0 Å². The highest BCUT2D eigenvalue weighted by Gasteiger charge is 2.44. The van der Waals surface area contributed by atoms with Crippen LogP contribution < -0.4 is 5.73 Å². The summed E-state index contributed by atoms with van der Waals surface area (Å²) < 4.78 is 83.9. The lowest BCUT2D eigenvalue weighted by atomic mass is 10.1. The van der Waals surface area contributed by atoms with Gasteiger partial charge in [0.1, 0.15) is 19.3 Å². The van der Waals surface area contributed by atoms with Crippen molar-refractivity contribution in [1.29, 1.82) is 0 Å². The number of nitrogens with zero attached hydrogens (tertiary/aromatic N) is 3. The molecule has 0 spiro atoms. The number of carbonyl (C=O) groups is 3. The Balaban J connectivity index is 0.00000147. The van der Waals surface area contributed by atoms with Crippen LogP contribution in [0.15, 0.2) is 42.5 Å². The topological polar surface area (TPSA) is 96.2 Å². The number of amides is 3. The molecule has 0 aliphatic carbocycles. The second-order valence-electron chi connectivity index (χ2n) is 9.23. The molecule has 2 aliphatic rings. The molecular formula is C26H27ClF6N4O4. The molecule has 2 aliphatic heterocycles. The monoisotopic (exact) mass is 608 g/mol. The highest BCUT2D eigenvalue weighted by atomic mass is 35.5. The quantitative estimate of drug-likeness (QED) is 0.499. The average Bonchev–Trinajstić information content (AvgIpc) is 2.88. The fourth-order valence-corrected chi connectivity index (χ4v) is 4.54. The third kappa shape index (κ3) is 8.26. The first-order valence-corrected chi connectivity index (χ1v) is 12.7. The van der Waals surface area contributed by atoms with E-state index in [9.17, 15) is 40.7 Å². The van der Waals surface area contributed by atoms with Crippen molar-refractivity contribution in [1.82, 2.24) is 14.7 Å². The molecule has 2 saturated heterocycles. The fraction of sp³-hybridized carbons (Fsp3) is 0.423. The molecule has 0 aromatic heterocycles. The summed E-state index contributed by atoms with van der Waals surface area (Å²) in [4.78, 5) is 41.8. The molecule has 3 amide bonds. The Morgan fingerprint density at radius 2 is 1.61 bits per heavy atom. The van der Waals surface area contributed by atoms with Crippen LogP contribution in [0.25, 0.3) is 0 Å². The first kappa shape index (κ1) is 32.0. The van der Waals surface area contributed by atoms with Crippen molar-refractivity contribution in [3.63, 3.8) is 0 Å². The van der Waals surface area contributed by atoms with E-state index in [1.54, 1.807) is 24.3 Å². The smallest absolute Gasteiger partial charge is 0.416 e. The molecule has 2 heterocycles. The van der Waals surface area contributed by atoms with Crippen molar-refractivity contribution in [3.8, 4) is 0 Å². The number of ether oxygens (including phenoxy) is 1. The maximum Gasteiger partial charge on any atom is 0.416 e. The third-order valence-electron chi connectivity index (χ3n) is 6.16. The van der Waals surface area contributed by atoms with Gasteiger partial charge in [-0.15, -0.1) is 0 Å². The second kappa shape index (κ2) is 13.0. The Morgan fingerprint density at radius 1 is 1.00 bits per heavy atom. The van der Waals surface area contributed by atoms with E-state index in [2.05, 4.69) is 0 Å².